The van der Waals surface area contributed by atoms with Crippen molar-refractivity contribution in [3.05, 3.63) is 115 Å². The fourth-order valence-corrected chi connectivity index (χ4v) is 5.45. The van der Waals surface area contributed by atoms with Crippen LogP contribution in [0.2, 0.25) is 0 Å². The highest BCUT2D eigenvalue weighted by molar-refractivity contribution is 7.98. The van der Waals surface area contributed by atoms with Crippen LogP contribution >= 0.6 is 11.8 Å². The van der Waals surface area contributed by atoms with Gasteiger partial charge in [0.2, 0.25) is 0 Å². The second kappa shape index (κ2) is 13.8. The Hall–Kier alpha value is -4.15. The van der Waals surface area contributed by atoms with E-state index in [2.05, 4.69) is 15.0 Å². The number of rotatable bonds is 12. The molecule has 1 unspecified atom stereocenters. The number of ether oxygens (including phenoxy) is 1. The number of nitrogens with one attached hydrogen (secondary N) is 2. The molecule has 0 spiro atoms. The van der Waals surface area contributed by atoms with Crippen LogP contribution in [0.25, 0.3) is 11.1 Å². The number of hydrogen-bond donors (Lipinski definition) is 2. The molecular weight excluding hydrogens is 546 g/mol. The van der Waals surface area contributed by atoms with Crippen LogP contribution in [0.3, 0.4) is 0 Å². The van der Waals surface area contributed by atoms with E-state index in [1.807, 2.05) is 48.7 Å². The summed E-state index contributed by atoms with van der Waals surface area (Å²) < 4.78 is 33.4. The molecule has 0 saturated heterocycles. The van der Waals surface area contributed by atoms with Crippen molar-refractivity contribution in [1.29, 1.82) is 0 Å². The minimum atomic E-state index is -4.09. The normalized spacial score (nSPS) is 11.8. The molecule has 40 heavy (non-hydrogen) atoms. The van der Waals surface area contributed by atoms with E-state index >= 15 is 0 Å². The molecule has 0 aliphatic rings. The number of carbonyl (C=O) groups excluding carboxylic acids is 2. The Bertz CT molecular complexity index is 1530. The maximum atomic E-state index is 13.6. The monoisotopic (exact) mass is 575 g/mol. The molecule has 0 aliphatic heterocycles. The van der Waals surface area contributed by atoms with Gasteiger partial charge in [0.15, 0.2) is 0 Å². The van der Waals surface area contributed by atoms with Crippen molar-refractivity contribution in [1.82, 2.24) is 15.0 Å². The van der Waals surface area contributed by atoms with Crippen LogP contribution in [0.4, 0.5) is 0 Å². The van der Waals surface area contributed by atoms with Crippen LogP contribution in [0.5, 0.6) is 5.75 Å². The van der Waals surface area contributed by atoms with Gasteiger partial charge in [-0.05, 0) is 71.5 Å². The van der Waals surface area contributed by atoms with Crippen LogP contribution in [0.15, 0.2) is 108 Å². The Balaban J connectivity index is 1.57. The number of sulfonamides is 1. The lowest BCUT2D eigenvalue weighted by molar-refractivity contribution is -0.121. The van der Waals surface area contributed by atoms with Gasteiger partial charge in [-0.15, -0.1) is 0 Å². The first-order valence-corrected chi connectivity index (χ1v) is 15.4. The second-order valence-corrected chi connectivity index (χ2v) is 11.5. The van der Waals surface area contributed by atoms with Gasteiger partial charge in [-0.1, -0.05) is 54.6 Å². The molecule has 0 bridgehead atoms. The number of aromatic nitrogens is 1. The number of thioether (sulfide) groups is 1. The third-order valence-corrected chi connectivity index (χ3v) is 7.98. The third kappa shape index (κ3) is 7.71. The minimum absolute atomic E-state index is 0.0336. The van der Waals surface area contributed by atoms with Gasteiger partial charge in [0.25, 0.3) is 21.8 Å². The van der Waals surface area contributed by atoms with E-state index < -0.39 is 27.9 Å². The summed E-state index contributed by atoms with van der Waals surface area (Å²) in [5, 5.41) is 2.76. The van der Waals surface area contributed by atoms with E-state index in [1.165, 1.54) is 23.9 Å². The van der Waals surface area contributed by atoms with E-state index in [4.69, 9.17) is 4.74 Å². The van der Waals surface area contributed by atoms with Gasteiger partial charge in [-0.25, -0.2) is 13.1 Å². The van der Waals surface area contributed by atoms with Crippen molar-refractivity contribution in [3.8, 4) is 16.9 Å². The van der Waals surface area contributed by atoms with E-state index in [-0.39, 0.29) is 17.9 Å². The summed E-state index contributed by atoms with van der Waals surface area (Å²) in [5.41, 5.74) is 2.66. The molecular formula is C30H29N3O5S2. The lowest BCUT2D eigenvalue weighted by Crippen LogP contribution is -2.48. The summed E-state index contributed by atoms with van der Waals surface area (Å²) in [5.74, 6) is -0.121. The lowest BCUT2D eigenvalue weighted by atomic mass is 9.96. The number of hydrogen-bond acceptors (Lipinski definition) is 7. The molecule has 206 valence electrons. The molecule has 8 nitrogen and oxygen atoms in total. The smallest absolute Gasteiger partial charge is 0.264 e. The molecule has 0 fully saturated rings. The maximum Gasteiger partial charge on any atom is 0.264 e. The summed E-state index contributed by atoms with van der Waals surface area (Å²) in [4.78, 5) is 30.7. The van der Waals surface area contributed by atoms with Crippen LogP contribution in [0.1, 0.15) is 22.3 Å². The number of nitrogens with zero attached hydrogens (tertiary/aromatic N) is 1. The first-order chi connectivity index (χ1) is 19.4. The van der Waals surface area contributed by atoms with Gasteiger partial charge in [-0.2, -0.15) is 11.8 Å². The number of benzene rings is 3. The van der Waals surface area contributed by atoms with E-state index in [1.54, 1.807) is 48.8 Å². The molecule has 2 N–H and O–H groups in total. The minimum Gasteiger partial charge on any atom is -0.487 e. The number of pyridine rings is 1. The predicted molar refractivity (Wildman–Crippen MR) is 156 cm³/mol. The first kappa shape index (κ1) is 28.8. The Kier molecular flexibility index (Phi) is 9.93. The predicted octanol–water partition coefficient (Wildman–Crippen LogP) is 4.68. The largest absolute Gasteiger partial charge is 0.487 e. The number of amides is 2. The Morgan fingerprint density at radius 1 is 0.950 bits per heavy atom. The Labute approximate surface area is 238 Å². The standard InChI is InChI=1S/C30H29N3O5S2/c1-39-18-16-28(30(35)33-40(36,37)25-12-6-3-7-13-25)32-29(34)26-15-14-22(21-38-24-11-8-17-31-20-24)19-27(26)23-9-4-2-5-10-23/h2-15,17,19-20,28H,16,18,21H2,1H3,(H,32,34)(H,33,35). The molecule has 0 saturated carbocycles. The van der Waals surface area contributed by atoms with Crippen molar-refractivity contribution < 1.29 is 22.7 Å². The van der Waals surface area contributed by atoms with Crippen molar-refractivity contribution in [2.75, 3.05) is 12.0 Å². The van der Waals surface area contributed by atoms with Gasteiger partial charge >= 0.3 is 0 Å². The molecule has 0 aliphatic carbocycles. The fourth-order valence-electron chi connectivity index (χ4n) is 3.94. The van der Waals surface area contributed by atoms with E-state index in [0.29, 0.717) is 22.6 Å². The lowest BCUT2D eigenvalue weighted by Gasteiger charge is -2.20. The fraction of sp³-hybridized carbons (Fsp3) is 0.167. The van der Waals surface area contributed by atoms with Crippen molar-refractivity contribution in [2.24, 2.45) is 0 Å². The van der Waals surface area contributed by atoms with Crippen molar-refractivity contribution >= 4 is 33.6 Å². The molecule has 2 amide bonds. The highest BCUT2D eigenvalue weighted by Crippen LogP contribution is 2.26. The topological polar surface area (TPSA) is 114 Å². The highest BCUT2D eigenvalue weighted by atomic mass is 32.2. The van der Waals surface area contributed by atoms with Gasteiger partial charge < -0.3 is 10.1 Å². The third-order valence-electron chi connectivity index (χ3n) is 5.97. The van der Waals surface area contributed by atoms with Crippen LogP contribution in [-0.4, -0.2) is 43.3 Å². The molecule has 3 aromatic carbocycles. The zero-order chi connectivity index (χ0) is 28.4. The van der Waals surface area contributed by atoms with Crippen molar-refractivity contribution in [3.63, 3.8) is 0 Å². The van der Waals surface area contributed by atoms with Gasteiger partial charge in [0, 0.05) is 11.8 Å². The average molecular weight is 576 g/mol. The molecule has 1 aromatic heterocycles. The zero-order valence-electron chi connectivity index (χ0n) is 21.8. The average Bonchev–Trinajstić information content (AvgIpc) is 2.99. The summed E-state index contributed by atoms with van der Waals surface area (Å²) in [6, 6.07) is 24.9. The van der Waals surface area contributed by atoms with E-state index in [9.17, 15) is 18.0 Å². The molecule has 4 rings (SSSR count). The quantitative estimate of drug-likeness (QED) is 0.252. The molecule has 1 atom stereocenters. The molecule has 0 radical (unpaired) electrons. The second-order valence-electron chi connectivity index (χ2n) is 8.81. The summed E-state index contributed by atoms with van der Waals surface area (Å²) >= 11 is 1.49. The van der Waals surface area contributed by atoms with Crippen LogP contribution in [-0.2, 0) is 21.4 Å². The van der Waals surface area contributed by atoms with Crippen LogP contribution in [0, 0.1) is 0 Å². The van der Waals surface area contributed by atoms with Crippen molar-refractivity contribution in [2.45, 2.75) is 24.0 Å². The Morgan fingerprint density at radius 3 is 2.35 bits per heavy atom. The maximum absolute atomic E-state index is 13.6. The zero-order valence-corrected chi connectivity index (χ0v) is 23.5. The summed E-state index contributed by atoms with van der Waals surface area (Å²) in [6.45, 7) is 0.267. The van der Waals surface area contributed by atoms with Gasteiger partial charge in [-0.3, -0.25) is 14.6 Å². The molecule has 4 aromatic rings. The number of carbonyl (C=O) groups is 2. The van der Waals surface area contributed by atoms with Crippen LogP contribution < -0.4 is 14.8 Å². The van der Waals surface area contributed by atoms with E-state index in [0.717, 1.165) is 11.1 Å². The van der Waals surface area contributed by atoms with Gasteiger partial charge in [0.05, 0.1) is 11.1 Å². The molecule has 10 heteroatoms. The highest BCUT2D eigenvalue weighted by Gasteiger charge is 2.27. The van der Waals surface area contributed by atoms with Gasteiger partial charge in [0.1, 0.15) is 18.4 Å². The summed E-state index contributed by atoms with van der Waals surface area (Å²) in [6.07, 6.45) is 5.41. The molecule has 1 heterocycles. The SMILES string of the molecule is CSCCC(NC(=O)c1ccc(COc2cccnc2)cc1-c1ccccc1)C(=O)NS(=O)(=O)c1ccccc1. The summed E-state index contributed by atoms with van der Waals surface area (Å²) in [7, 11) is -4.09. The Morgan fingerprint density at radius 2 is 1.68 bits per heavy atom. The first-order valence-electron chi connectivity index (χ1n) is 12.5.